The van der Waals surface area contributed by atoms with Crippen molar-refractivity contribution < 1.29 is 9.53 Å². The quantitative estimate of drug-likeness (QED) is 0.941. The van der Waals surface area contributed by atoms with Crippen LogP contribution >= 0.6 is 0 Å². The first kappa shape index (κ1) is 13.7. The molecule has 3 rings (SSSR count). The number of carbonyl (C=O) groups excluding carboxylic acids is 1. The molecule has 1 amide bonds. The topological polar surface area (TPSA) is 56.1 Å². The van der Waals surface area contributed by atoms with Crippen molar-refractivity contribution in [3.8, 4) is 5.75 Å². The average Bonchev–Trinajstić information content (AvgIpc) is 2.90. The van der Waals surface area contributed by atoms with E-state index in [9.17, 15) is 4.79 Å². The highest BCUT2D eigenvalue weighted by Crippen LogP contribution is 2.29. The Morgan fingerprint density at radius 1 is 1.48 bits per heavy atom. The number of aromatic nitrogens is 2. The first-order valence-corrected chi connectivity index (χ1v) is 7.14. The molecule has 0 saturated heterocycles. The van der Waals surface area contributed by atoms with Gasteiger partial charge in [-0.1, -0.05) is 6.07 Å². The number of nitrogens with zero attached hydrogens (tertiary/aromatic N) is 2. The Morgan fingerprint density at radius 3 is 3.14 bits per heavy atom. The van der Waals surface area contributed by atoms with Gasteiger partial charge in [-0.2, -0.15) is 5.10 Å². The molecule has 5 nitrogen and oxygen atoms in total. The van der Waals surface area contributed by atoms with Gasteiger partial charge in [0.1, 0.15) is 5.75 Å². The summed E-state index contributed by atoms with van der Waals surface area (Å²) < 4.78 is 7.06. The fourth-order valence-corrected chi connectivity index (χ4v) is 2.86. The van der Waals surface area contributed by atoms with Gasteiger partial charge in [0.25, 0.3) is 5.91 Å². The van der Waals surface area contributed by atoms with Gasteiger partial charge in [-0.15, -0.1) is 0 Å². The lowest BCUT2D eigenvalue weighted by Crippen LogP contribution is -2.30. The van der Waals surface area contributed by atoms with E-state index >= 15 is 0 Å². The van der Waals surface area contributed by atoms with Gasteiger partial charge in [0.2, 0.25) is 0 Å². The maximum Gasteiger partial charge on any atom is 0.251 e. The summed E-state index contributed by atoms with van der Waals surface area (Å²) >= 11 is 0. The van der Waals surface area contributed by atoms with Crippen LogP contribution in [-0.2, 0) is 13.5 Å². The van der Waals surface area contributed by atoms with Crippen molar-refractivity contribution in [2.75, 3.05) is 7.11 Å². The predicted molar refractivity (Wildman–Crippen MR) is 79.3 cm³/mol. The van der Waals surface area contributed by atoms with Crippen LogP contribution in [0.5, 0.6) is 5.75 Å². The number of rotatable bonds is 3. The molecule has 1 heterocycles. The largest absolute Gasteiger partial charge is 0.497 e. The van der Waals surface area contributed by atoms with Crippen LogP contribution < -0.4 is 10.1 Å². The fourth-order valence-electron chi connectivity index (χ4n) is 2.86. The van der Waals surface area contributed by atoms with Crippen LogP contribution in [0.3, 0.4) is 0 Å². The Hall–Kier alpha value is -2.30. The molecule has 110 valence electrons. The van der Waals surface area contributed by atoms with E-state index in [0.29, 0.717) is 11.3 Å². The number of carbonyl (C=O) groups is 1. The number of aryl methyl sites for hydroxylation is 1. The van der Waals surface area contributed by atoms with Crippen LogP contribution in [0.2, 0.25) is 0 Å². The van der Waals surface area contributed by atoms with Gasteiger partial charge in [-0.05, 0) is 37.5 Å². The summed E-state index contributed by atoms with van der Waals surface area (Å²) in [6.45, 7) is 0. The molecule has 0 bridgehead atoms. The molecule has 0 fully saturated rings. The van der Waals surface area contributed by atoms with Crippen molar-refractivity contribution in [3.05, 3.63) is 47.3 Å². The van der Waals surface area contributed by atoms with Gasteiger partial charge in [0, 0.05) is 23.9 Å². The lowest BCUT2D eigenvalue weighted by molar-refractivity contribution is 0.0932. The second-order valence-electron chi connectivity index (χ2n) is 5.32. The molecule has 1 aromatic carbocycles. The van der Waals surface area contributed by atoms with Crippen molar-refractivity contribution in [2.24, 2.45) is 7.05 Å². The lowest BCUT2D eigenvalue weighted by atomic mass is 9.93. The molecule has 1 N–H and O–H groups in total. The first-order valence-electron chi connectivity index (χ1n) is 7.14. The zero-order valence-corrected chi connectivity index (χ0v) is 12.3. The summed E-state index contributed by atoms with van der Waals surface area (Å²) in [5.74, 6) is 0.615. The van der Waals surface area contributed by atoms with Crippen molar-refractivity contribution in [1.82, 2.24) is 15.1 Å². The van der Waals surface area contributed by atoms with Crippen LogP contribution in [-0.4, -0.2) is 22.8 Å². The highest BCUT2D eigenvalue weighted by Gasteiger charge is 2.25. The average molecular weight is 285 g/mol. The minimum atomic E-state index is -0.0735. The third-order valence-electron chi connectivity index (χ3n) is 4.01. The van der Waals surface area contributed by atoms with E-state index in [2.05, 4.69) is 10.4 Å². The van der Waals surface area contributed by atoms with E-state index in [1.807, 2.05) is 30.1 Å². The van der Waals surface area contributed by atoms with Gasteiger partial charge in [0.05, 0.1) is 19.3 Å². The molecular weight excluding hydrogens is 266 g/mol. The van der Waals surface area contributed by atoms with Gasteiger partial charge in [0.15, 0.2) is 0 Å². The molecule has 1 aliphatic rings. The van der Waals surface area contributed by atoms with E-state index in [4.69, 9.17) is 4.74 Å². The second kappa shape index (κ2) is 5.60. The van der Waals surface area contributed by atoms with Crippen LogP contribution in [0.15, 0.2) is 30.5 Å². The summed E-state index contributed by atoms with van der Waals surface area (Å²) in [5.41, 5.74) is 2.97. The smallest absolute Gasteiger partial charge is 0.251 e. The second-order valence-corrected chi connectivity index (χ2v) is 5.32. The maximum atomic E-state index is 12.4. The molecule has 0 spiro atoms. The third-order valence-corrected chi connectivity index (χ3v) is 4.01. The molecule has 0 saturated carbocycles. The molecule has 0 radical (unpaired) electrons. The highest BCUT2D eigenvalue weighted by atomic mass is 16.5. The Morgan fingerprint density at radius 2 is 2.33 bits per heavy atom. The maximum absolute atomic E-state index is 12.4. The fraction of sp³-hybridized carbons (Fsp3) is 0.375. The zero-order chi connectivity index (χ0) is 14.8. The van der Waals surface area contributed by atoms with Gasteiger partial charge >= 0.3 is 0 Å². The number of hydrogen-bond acceptors (Lipinski definition) is 3. The minimum Gasteiger partial charge on any atom is -0.497 e. The lowest BCUT2D eigenvalue weighted by Gasteiger charge is -2.23. The molecule has 2 aromatic rings. The van der Waals surface area contributed by atoms with E-state index in [1.54, 1.807) is 19.2 Å². The summed E-state index contributed by atoms with van der Waals surface area (Å²) in [7, 11) is 3.55. The van der Waals surface area contributed by atoms with E-state index in [0.717, 1.165) is 24.8 Å². The van der Waals surface area contributed by atoms with Crippen LogP contribution in [0.4, 0.5) is 0 Å². The summed E-state index contributed by atoms with van der Waals surface area (Å²) in [6.07, 6.45) is 4.91. The van der Waals surface area contributed by atoms with Crippen molar-refractivity contribution in [2.45, 2.75) is 25.3 Å². The molecule has 0 aliphatic heterocycles. The number of hydrogen-bond donors (Lipinski definition) is 1. The Labute approximate surface area is 123 Å². The van der Waals surface area contributed by atoms with Crippen LogP contribution in [0.25, 0.3) is 0 Å². The molecule has 1 atom stereocenters. The van der Waals surface area contributed by atoms with Gasteiger partial charge < -0.3 is 10.1 Å². The van der Waals surface area contributed by atoms with Crippen molar-refractivity contribution in [3.63, 3.8) is 0 Å². The highest BCUT2D eigenvalue weighted by molar-refractivity contribution is 5.94. The number of fused-ring (bicyclic) bond motifs is 1. The number of amides is 1. The minimum absolute atomic E-state index is 0.0427. The molecule has 21 heavy (non-hydrogen) atoms. The number of methoxy groups -OCH3 is 1. The van der Waals surface area contributed by atoms with Crippen LogP contribution in [0.1, 0.15) is 40.5 Å². The molecule has 1 aliphatic carbocycles. The number of nitrogens with one attached hydrogen (secondary N) is 1. The Kier molecular flexibility index (Phi) is 3.64. The predicted octanol–water partition coefficient (Wildman–Crippen LogP) is 2.24. The molecule has 0 unspecified atom stereocenters. The summed E-state index contributed by atoms with van der Waals surface area (Å²) in [4.78, 5) is 12.4. The van der Waals surface area contributed by atoms with E-state index in [1.165, 1.54) is 5.69 Å². The summed E-state index contributed by atoms with van der Waals surface area (Å²) in [6, 6.07) is 7.24. The van der Waals surface area contributed by atoms with Gasteiger partial charge in [-0.25, -0.2) is 0 Å². The van der Waals surface area contributed by atoms with E-state index < -0.39 is 0 Å². The van der Waals surface area contributed by atoms with Crippen molar-refractivity contribution >= 4 is 5.91 Å². The standard InChI is InChI=1S/C16H19N3O2/c1-19-15-8-4-7-14(13(15)10-17-19)18-16(20)11-5-3-6-12(9-11)21-2/h3,5-6,9-10,14H,4,7-8H2,1-2H3,(H,18,20)/t14-/m0/s1. The molecular formula is C16H19N3O2. The molecule has 5 heteroatoms. The number of ether oxygens (including phenoxy) is 1. The monoisotopic (exact) mass is 285 g/mol. The first-order chi connectivity index (χ1) is 10.2. The third kappa shape index (κ3) is 2.63. The Bertz CT molecular complexity index is 663. The summed E-state index contributed by atoms with van der Waals surface area (Å²) in [5, 5.41) is 7.41. The molecule has 1 aromatic heterocycles. The van der Waals surface area contributed by atoms with E-state index in [-0.39, 0.29) is 11.9 Å². The SMILES string of the molecule is COc1cccc(C(=O)N[C@H]2CCCc3c2cnn3C)c1. The Balaban J connectivity index is 1.79. The zero-order valence-electron chi connectivity index (χ0n) is 12.3. The van der Waals surface area contributed by atoms with Crippen molar-refractivity contribution in [1.29, 1.82) is 0 Å². The number of benzene rings is 1. The van der Waals surface area contributed by atoms with Gasteiger partial charge in [-0.3, -0.25) is 9.48 Å². The van der Waals surface area contributed by atoms with Crippen LogP contribution in [0, 0.1) is 0 Å². The normalized spacial score (nSPS) is 17.1.